The minimum Gasteiger partial charge on any atom is -0.382 e. The van der Waals surface area contributed by atoms with Gasteiger partial charge < -0.3 is 14.8 Å². The van der Waals surface area contributed by atoms with Crippen LogP contribution in [-0.4, -0.2) is 45.7 Å². The highest BCUT2D eigenvalue weighted by Gasteiger charge is 2.41. The maximum absolute atomic E-state index is 12.5. The molecule has 1 saturated carbocycles. The summed E-state index contributed by atoms with van der Waals surface area (Å²) >= 11 is 0. The van der Waals surface area contributed by atoms with Gasteiger partial charge in [-0.05, 0) is 25.7 Å². The number of methoxy groups -OCH3 is 2. The summed E-state index contributed by atoms with van der Waals surface area (Å²) in [7, 11) is 3.20. The van der Waals surface area contributed by atoms with E-state index in [1.807, 2.05) is 0 Å². The summed E-state index contributed by atoms with van der Waals surface area (Å²) < 4.78 is 47.6. The summed E-state index contributed by atoms with van der Waals surface area (Å²) in [4.78, 5) is 0. The van der Waals surface area contributed by atoms with Gasteiger partial charge in [0.2, 0.25) is 0 Å². The third-order valence-electron chi connectivity index (χ3n) is 3.51. The molecule has 0 radical (unpaired) electrons. The predicted molar refractivity (Wildman–Crippen MR) is 62.5 cm³/mol. The monoisotopic (exact) mass is 269 g/mol. The Morgan fingerprint density at radius 1 is 1.17 bits per heavy atom. The molecule has 1 N–H and O–H groups in total. The fourth-order valence-corrected chi connectivity index (χ4v) is 2.32. The fraction of sp³-hybridized carbons (Fsp3) is 1.00. The van der Waals surface area contributed by atoms with Gasteiger partial charge in [0, 0.05) is 26.8 Å². The van der Waals surface area contributed by atoms with Crippen LogP contribution in [0.25, 0.3) is 0 Å². The molecule has 0 aromatic heterocycles. The normalized spacial score (nSPS) is 27.2. The maximum Gasteiger partial charge on any atom is 0.391 e. The molecule has 1 rings (SSSR count). The van der Waals surface area contributed by atoms with Crippen molar-refractivity contribution in [2.24, 2.45) is 5.92 Å². The molecule has 0 amide bonds. The van der Waals surface area contributed by atoms with Crippen LogP contribution >= 0.6 is 0 Å². The Balaban J connectivity index is 2.23. The number of hydrogen-bond donors (Lipinski definition) is 1. The first-order chi connectivity index (χ1) is 8.47. The lowest BCUT2D eigenvalue weighted by atomic mass is 9.85. The van der Waals surface area contributed by atoms with E-state index >= 15 is 0 Å². The fourth-order valence-electron chi connectivity index (χ4n) is 2.32. The summed E-state index contributed by atoms with van der Waals surface area (Å²) in [6.45, 7) is 1.10. The van der Waals surface area contributed by atoms with E-state index in [9.17, 15) is 13.2 Å². The van der Waals surface area contributed by atoms with E-state index in [4.69, 9.17) is 9.47 Å². The molecule has 108 valence electrons. The smallest absolute Gasteiger partial charge is 0.382 e. The summed E-state index contributed by atoms with van der Waals surface area (Å²) in [6.07, 6.45) is -2.47. The minimum absolute atomic E-state index is 0.0460. The van der Waals surface area contributed by atoms with Gasteiger partial charge in [-0.2, -0.15) is 13.2 Å². The average Bonchev–Trinajstić information content (AvgIpc) is 2.34. The molecular formula is C12H22F3NO2. The third-order valence-corrected chi connectivity index (χ3v) is 3.51. The average molecular weight is 269 g/mol. The molecule has 6 heteroatoms. The van der Waals surface area contributed by atoms with Crippen LogP contribution in [0.5, 0.6) is 0 Å². The number of rotatable bonds is 6. The first-order valence-corrected chi connectivity index (χ1v) is 6.29. The van der Waals surface area contributed by atoms with Crippen LogP contribution in [-0.2, 0) is 9.47 Å². The quantitative estimate of drug-likeness (QED) is 0.803. The van der Waals surface area contributed by atoms with Crippen molar-refractivity contribution < 1.29 is 22.6 Å². The van der Waals surface area contributed by atoms with Crippen LogP contribution in [0.2, 0.25) is 0 Å². The highest BCUT2D eigenvalue weighted by molar-refractivity contribution is 4.81. The lowest BCUT2D eigenvalue weighted by molar-refractivity contribution is -0.182. The van der Waals surface area contributed by atoms with E-state index in [1.165, 1.54) is 0 Å². The zero-order valence-corrected chi connectivity index (χ0v) is 10.9. The molecule has 1 aliphatic rings. The molecule has 0 bridgehead atoms. The number of hydrogen-bond acceptors (Lipinski definition) is 3. The highest BCUT2D eigenvalue weighted by Crippen LogP contribution is 2.37. The van der Waals surface area contributed by atoms with E-state index in [-0.39, 0.29) is 25.0 Å². The van der Waals surface area contributed by atoms with Crippen molar-refractivity contribution >= 4 is 0 Å². The van der Waals surface area contributed by atoms with Crippen molar-refractivity contribution in [3.63, 3.8) is 0 Å². The van der Waals surface area contributed by atoms with Gasteiger partial charge >= 0.3 is 6.18 Å². The third kappa shape index (κ3) is 5.12. The van der Waals surface area contributed by atoms with Crippen molar-refractivity contribution in [1.82, 2.24) is 5.32 Å². The molecule has 0 aromatic carbocycles. The first-order valence-electron chi connectivity index (χ1n) is 6.29. The number of halogens is 3. The van der Waals surface area contributed by atoms with E-state index in [2.05, 4.69) is 5.32 Å². The molecule has 0 aromatic rings. The Kier molecular flexibility index (Phi) is 6.38. The van der Waals surface area contributed by atoms with Crippen LogP contribution < -0.4 is 5.32 Å². The van der Waals surface area contributed by atoms with E-state index < -0.39 is 12.1 Å². The van der Waals surface area contributed by atoms with Crippen molar-refractivity contribution in [3.05, 3.63) is 0 Å². The zero-order chi connectivity index (χ0) is 13.6. The highest BCUT2D eigenvalue weighted by atomic mass is 19.4. The Hall–Kier alpha value is -0.330. The molecule has 1 atom stereocenters. The Labute approximate surface area is 106 Å². The first kappa shape index (κ1) is 15.7. The van der Waals surface area contributed by atoms with Crippen LogP contribution in [0, 0.1) is 5.92 Å². The van der Waals surface area contributed by atoms with Crippen LogP contribution in [0.15, 0.2) is 0 Å². The second-order valence-corrected chi connectivity index (χ2v) is 4.81. The molecule has 1 unspecified atom stereocenters. The molecular weight excluding hydrogens is 247 g/mol. The number of alkyl halides is 3. The molecule has 1 aliphatic carbocycles. The van der Waals surface area contributed by atoms with Gasteiger partial charge in [0.05, 0.1) is 18.6 Å². The van der Waals surface area contributed by atoms with Crippen LogP contribution in [0.1, 0.15) is 25.7 Å². The molecule has 0 saturated heterocycles. The van der Waals surface area contributed by atoms with Gasteiger partial charge in [-0.1, -0.05) is 0 Å². The zero-order valence-electron chi connectivity index (χ0n) is 10.9. The maximum atomic E-state index is 12.5. The van der Waals surface area contributed by atoms with E-state index in [0.29, 0.717) is 26.0 Å². The minimum atomic E-state index is -4.03. The lowest BCUT2D eigenvalue weighted by Gasteiger charge is -2.31. The van der Waals surface area contributed by atoms with Crippen LogP contribution in [0.3, 0.4) is 0 Å². The summed E-state index contributed by atoms with van der Waals surface area (Å²) in [5.41, 5.74) is 0. The largest absolute Gasteiger partial charge is 0.391 e. The van der Waals surface area contributed by atoms with Gasteiger partial charge in [-0.15, -0.1) is 0 Å². The van der Waals surface area contributed by atoms with Gasteiger partial charge in [0.15, 0.2) is 0 Å². The Morgan fingerprint density at radius 2 is 1.78 bits per heavy atom. The van der Waals surface area contributed by atoms with E-state index in [0.717, 1.165) is 0 Å². The van der Waals surface area contributed by atoms with Gasteiger partial charge in [0.1, 0.15) is 0 Å². The summed E-state index contributed by atoms with van der Waals surface area (Å²) in [5, 5.41) is 3.26. The van der Waals surface area contributed by atoms with Gasteiger partial charge in [0.25, 0.3) is 0 Å². The van der Waals surface area contributed by atoms with Gasteiger partial charge in [-0.25, -0.2) is 0 Å². The van der Waals surface area contributed by atoms with Crippen molar-refractivity contribution in [2.75, 3.05) is 27.4 Å². The van der Waals surface area contributed by atoms with E-state index in [1.54, 1.807) is 14.2 Å². The Bertz CT molecular complexity index is 228. The number of nitrogens with one attached hydrogen (secondary N) is 1. The molecule has 0 heterocycles. The van der Waals surface area contributed by atoms with Crippen molar-refractivity contribution in [3.8, 4) is 0 Å². The molecule has 0 aliphatic heterocycles. The molecule has 3 nitrogen and oxygen atoms in total. The standard InChI is InChI=1S/C12H22F3NO2/c1-17-8-11(18-2)7-16-10-5-3-9(4-6-10)12(13,14)15/h9-11,16H,3-8H2,1-2H3. The number of ether oxygens (including phenoxy) is 2. The molecule has 0 spiro atoms. The topological polar surface area (TPSA) is 30.5 Å². The SMILES string of the molecule is COCC(CNC1CCC(C(F)(F)F)CC1)OC. The predicted octanol–water partition coefficient (Wildman–Crippen LogP) is 2.36. The lowest BCUT2D eigenvalue weighted by Crippen LogP contribution is -2.41. The molecule has 1 fully saturated rings. The summed E-state index contributed by atoms with van der Waals surface area (Å²) in [5.74, 6) is -1.12. The van der Waals surface area contributed by atoms with Crippen molar-refractivity contribution in [2.45, 2.75) is 44.0 Å². The van der Waals surface area contributed by atoms with Gasteiger partial charge in [-0.3, -0.25) is 0 Å². The van der Waals surface area contributed by atoms with Crippen molar-refractivity contribution in [1.29, 1.82) is 0 Å². The second-order valence-electron chi connectivity index (χ2n) is 4.81. The second kappa shape index (κ2) is 7.31. The summed E-state index contributed by atoms with van der Waals surface area (Å²) in [6, 6.07) is 0.165. The van der Waals surface area contributed by atoms with Crippen LogP contribution in [0.4, 0.5) is 13.2 Å². The molecule has 18 heavy (non-hydrogen) atoms. The Morgan fingerprint density at radius 3 is 2.22 bits per heavy atom.